The van der Waals surface area contributed by atoms with Gasteiger partial charge in [-0.2, -0.15) is 0 Å². The highest BCUT2D eigenvalue weighted by Crippen LogP contribution is 2.24. The summed E-state index contributed by atoms with van der Waals surface area (Å²) >= 11 is 12.1. The second-order valence-electron chi connectivity index (χ2n) is 6.72. The van der Waals surface area contributed by atoms with Crippen LogP contribution >= 0.6 is 35.6 Å². The molecule has 9 heteroatoms. The van der Waals surface area contributed by atoms with Crippen LogP contribution in [0.15, 0.2) is 24.4 Å². The third-order valence-electron chi connectivity index (χ3n) is 5.01. The molecule has 3 heterocycles. The minimum atomic E-state index is 0. The van der Waals surface area contributed by atoms with Gasteiger partial charge in [0.1, 0.15) is 0 Å². The number of benzene rings is 1. The maximum Gasteiger partial charge on any atom is 0.0971 e. The van der Waals surface area contributed by atoms with E-state index in [1.165, 1.54) is 6.42 Å². The van der Waals surface area contributed by atoms with Crippen molar-refractivity contribution in [3.05, 3.63) is 40.1 Å². The van der Waals surface area contributed by atoms with Gasteiger partial charge in [0, 0.05) is 51.9 Å². The Bertz CT molecular complexity index is 731. The van der Waals surface area contributed by atoms with Gasteiger partial charge >= 0.3 is 0 Å². The van der Waals surface area contributed by atoms with Crippen LogP contribution in [0.4, 0.5) is 0 Å². The van der Waals surface area contributed by atoms with Crippen LogP contribution in [0.1, 0.15) is 12.1 Å². The minimum absolute atomic E-state index is 0. The van der Waals surface area contributed by atoms with Gasteiger partial charge in [-0.15, -0.1) is 17.5 Å². The predicted octanol–water partition coefficient (Wildman–Crippen LogP) is 2.48. The standard InChI is InChI=1S/C17H22Cl2N6.ClH/c18-16-2-1-14(9-17(16)19)25-11-13(21-22-25)10-23-6-3-15(12-23)24-7-4-20-5-8-24;/h1-2,9,11,15,20H,3-8,10,12H2;1H. The van der Waals surface area contributed by atoms with Gasteiger partial charge in [-0.25, -0.2) is 4.68 Å². The normalized spacial score (nSPS) is 21.7. The molecule has 0 radical (unpaired) electrons. The summed E-state index contributed by atoms with van der Waals surface area (Å²) in [6.07, 6.45) is 3.21. The molecule has 0 spiro atoms. The van der Waals surface area contributed by atoms with Gasteiger partial charge in [0.2, 0.25) is 0 Å². The molecule has 142 valence electrons. The first-order valence-electron chi connectivity index (χ1n) is 8.73. The van der Waals surface area contributed by atoms with E-state index in [2.05, 4.69) is 25.4 Å². The molecule has 1 aromatic carbocycles. The number of aromatic nitrogens is 3. The van der Waals surface area contributed by atoms with Gasteiger partial charge in [0.25, 0.3) is 0 Å². The van der Waals surface area contributed by atoms with Crippen molar-refractivity contribution in [3.63, 3.8) is 0 Å². The lowest BCUT2D eigenvalue weighted by Gasteiger charge is -2.32. The third-order valence-corrected chi connectivity index (χ3v) is 5.75. The Morgan fingerprint density at radius 1 is 1.12 bits per heavy atom. The molecule has 1 atom stereocenters. The first-order chi connectivity index (χ1) is 12.2. The van der Waals surface area contributed by atoms with Crippen LogP contribution in [-0.4, -0.2) is 70.1 Å². The van der Waals surface area contributed by atoms with E-state index in [4.69, 9.17) is 23.2 Å². The van der Waals surface area contributed by atoms with Crippen LogP contribution < -0.4 is 5.32 Å². The molecule has 2 fully saturated rings. The fourth-order valence-electron chi connectivity index (χ4n) is 3.65. The van der Waals surface area contributed by atoms with Crippen LogP contribution in [-0.2, 0) is 6.54 Å². The molecule has 1 aromatic heterocycles. The number of hydrogen-bond acceptors (Lipinski definition) is 5. The van der Waals surface area contributed by atoms with Crippen LogP contribution in [0.3, 0.4) is 0 Å². The van der Waals surface area contributed by atoms with Gasteiger partial charge in [-0.1, -0.05) is 28.4 Å². The maximum absolute atomic E-state index is 6.09. The van der Waals surface area contributed by atoms with E-state index in [-0.39, 0.29) is 12.4 Å². The molecule has 6 nitrogen and oxygen atoms in total. The molecule has 0 amide bonds. The lowest BCUT2D eigenvalue weighted by Crippen LogP contribution is -2.49. The zero-order chi connectivity index (χ0) is 17.2. The summed E-state index contributed by atoms with van der Waals surface area (Å²) in [7, 11) is 0. The highest BCUT2D eigenvalue weighted by Gasteiger charge is 2.28. The van der Waals surface area contributed by atoms with Crippen molar-refractivity contribution in [1.29, 1.82) is 0 Å². The smallest absolute Gasteiger partial charge is 0.0971 e. The van der Waals surface area contributed by atoms with Crippen molar-refractivity contribution in [1.82, 2.24) is 30.1 Å². The Hall–Kier alpha value is -0.890. The van der Waals surface area contributed by atoms with Crippen molar-refractivity contribution >= 4 is 35.6 Å². The average Bonchev–Trinajstić information content (AvgIpc) is 3.28. The van der Waals surface area contributed by atoms with E-state index < -0.39 is 0 Å². The summed E-state index contributed by atoms with van der Waals surface area (Å²) in [5.41, 5.74) is 1.85. The molecule has 4 rings (SSSR count). The minimum Gasteiger partial charge on any atom is -0.314 e. The van der Waals surface area contributed by atoms with E-state index in [1.54, 1.807) is 16.8 Å². The molecular weight excluding hydrogens is 395 g/mol. The highest BCUT2D eigenvalue weighted by atomic mass is 35.5. The maximum atomic E-state index is 6.09. The second-order valence-corrected chi connectivity index (χ2v) is 7.53. The van der Waals surface area contributed by atoms with E-state index >= 15 is 0 Å². The number of piperazine rings is 1. The average molecular weight is 418 g/mol. The Kier molecular flexibility index (Phi) is 6.77. The topological polar surface area (TPSA) is 49.2 Å². The van der Waals surface area contributed by atoms with Gasteiger partial charge in [0.15, 0.2) is 0 Å². The van der Waals surface area contributed by atoms with Crippen molar-refractivity contribution in [2.24, 2.45) is 0 Å². The molecule has 0 saturated carbocycles. The summed E-state index contributed by atoms with van der Waals surface area (Å²) in [6, 6.07) is 6.15. The lowest BCUT2D eigenvalue weighted by atomic mass is 10.2. The first-order valence-corrected chi connectivity index (χ1v) is 9.48. The Morgan fingerprint density at radius 2 is 1.92 bits per heavy atom. The number of nitrogens with one attached hydrogen (secondary N) is 1. The molecule has 2 aromatic rings. The first kappa shape index (κ1) is 19.9. The van der Waals surface area contributed by atoms with E-state index in [9.17, 15) is 0 Å². The number of halogens is 3. The summed E-state index contributed by atoms with van der Waals surface area (Å²) in [5.74, 6) is 0. The molecule has 0 bridgehead atoms. The summed E-state index contributed by atoms with van der Waals surface area (Å²) in [4.78, 5) is 5.08. The largest absolute Gasteiger partial charge is 0.314 e. The summed E-state index contributed by atoms with van der Waals surface area (Å²) in [6.45, 7) is 7.60. The monoisotopic (exact) mass is 416 g/mol. The highest BCUT2D eigenvalue weighted by molar-refractivity contribution is 6.42. The van der Waals surface area contributed by atoms with Crippen LogP contribution in [0.5, 0.6) is 0 Å². The fourth-order valence-corrected chi connectivity index (χ4v) is 3.95. The van der Waals surface area contributed by atoms with Crippen molar-refractivity contribution in [3.8, 4) is 5.69 Å². The predicted molar refractivity (Wildman–Crippen MR) is 107 cm³/mol. The molecule has 2 aliphatic rings. The van der Waals surface area contributed by atoms with Crippen molar-refractivity contribution < 1.29 is 0 Å². The van der Waals surface area contributed by atoms with Crippen molar-refractivity contribution in [2.45, 2.75) is 19.0 Å². The quantitative estimate of drug-likeness (QED) is 0.828. The summed E-state index contributed by atoms with van der Waals surface area (Å²) in [5, 5.41) is 13.0. The molecule has 0 aliphatic carbocycles. The molecule has 26 heavy (non-hydrogen) atoms. The van der Waals surface area contributed by atoms with Gasteiger partial charge in [-0.05, 0) is 24.6 Å². The zero-order valence-corrected chi connectivity index (χ0v) is 16.8. The SMILES string of the molecule is Cl.Clc1ccc(-n2cc(CN3CCC(N4CCNCC4)C3)nn2)cc1Cl. The van der Waals surface area contributed by atoms with E-state index in [0.29, 0.717) is 16.1 Å². The van der Waals surface area contributed by atoms with E-state index in [0.717, 1.165) is 57.2 Å². The molecule has 2 saturated heterocycles. The van der Waals surface area contributed by atoms with E-state index in [1.807, 2.05) is 12.3 Å². The summed E-state index contributed by atoms with van der Waals surface area (Å²) < 4.78 is 1.75. The van der Waals surface area contributed by atoms with Crippen molar-refractivity contribution in [2.75, 3.05) is 39.3 Å². The second kappa shape index (κ2) is 8.87. The third kappa shape index (κ3) is 4.50. The number of likely N-dealkylation sites (tertiary alicyclic amines) is 1. The fraction of sp³-hybridized carbons (Fsp3) is 0.529. The number of hydrogen-bond donors (Lipinski definition) is 1. The van der Waals surface area contributed by atoms with Crippen LogP contribution in [0, 0.1) is 0 Å². The Balaban J connectivity index is 0.00000196. The Morgan fingerprint density at radius 3 is 2.69 bits per heavy atom. The van der Waals surface area contributed by atoms with Gasteiger partial charge in [0.05, 0.1) is 27.6 Å². The van der Waals surface area contributed by atoms with Gasteiger partial charge in [-0.3, -0.25) is 9.80 Å². The molecule has 2 aliphatic heterocycles. The Labute approximate surface area is 169 Å². The molecule has 1 N–H and O–H groups in total. The van der Waals surface area contributed by atoms with Crippen LogP contribution in [0.25, 0.3) is 5.69 Å². The molecular formula is C17H23Cl3N6. The lowest BCUT2D eigenvalue weighted by molar-refractivity contribution is 0.170. The zero-order valence-electron chi connectivity index (χ0n) is 14.4. The number of nitrogens with zero attached hydrogens (tertiary/aromatic N) is 5. The van der Waals surface area contributed by atoms with Crippen LogP contribution in [0.2, 0.25) is 10.0 Å². The number of rotatable bonds is 4. The molecule has 1 unspecified atom stereocenters. The van der Waals surface area contributed by atoms with Gasteiger partial charge < -0.3 is 5.32 Å².